The van der Waals surface area contributed by atoms with Gasteiger partial charge >= 0.3 is 6.09 Å². The number of aromatic nitrogens is 1. The van der Waals surface area contributed by atoms with Crippen LogP contribution in [0, 0.1) is 5.92 Å². The summed E-state index contributed by atoms with van der Waals surface area (Å²) in [5, 5.41) is 18.7. The average molecular weight is 602 g/mol. The van der Waals surface area contributed by atoms with Crippen LogP contribution < -0.4 is 15.5 Å². The van der Waals surface area contributed by atoms with Crippen LogP contribution in [0.5, 0.6) is 0 Å². The fourth-order valence-electron chi connectivity index (χ4n) is 3.65. The lowest BCUT2D eigenvalue weighted by Crippen LogP contribution is -2.51. The number of nitrogens with zero attached hydrogens (tertiary/aromatic N) is 2. The molecule has 1 heterocycles. The summed E-state index contributed by atoms with van der Waals surface area (Å²) in [7, 11) is 0. The highest BCUT2D eigenvalue weighted by Crippen LogP contribution is 2.36. The van der Waals surface area contributed by atoms with E-state index in [2.05, 4.69) is 15.8 Å². The van der Waals surface area contributed by atoms with Gasteiger partial charge in [-0.2, -0.15) is 0 Å². The summed E-state index contributed by atoms with van der Waals surface area (Å²) >= 11 is 24.3. The highest BCUT2D eigenvalue weighted by atomic mass is 35.5. The lowest BCUT2D eigenvalue weighted by Gasteiger charge is -2.25. The van der Waals surface area contributed by atoms with E-state index in [1.807, 2.05) is 0 Å². The summed E-state index contributed by atoms with van der Waals surface area (Å²) in [4.78, 5) is 36.3. The van der Waals surface area contributed by atoms with Crippen molar-refractivity contribution in [1.29, 1.82) is 0 Å². The van der Waals surface area contributed by atoms with Gasteiger partial charge in [-0.05, 0) is 30.2 Å². The normalized spacial score (nSPS) is 11.9. The van der Waals surface area contributed by atoms with Gasteiger partial charge in [0.1, 0.15) is 11.7 Å². The van der Waals surface area contributed by atoms with Crippen LogP contribution in [0.25, 0.3) is 22.6 Å². The molecule has 13 heteroatoms. The molecule has 1 aromatic heterocycles. The van der Waals surface area contributed by atoms with Crippen molar-refractivity contribution in [2.24, 2.45) is 5.92 Å². The maximum atomic E-state index is 12.8. The van der Waals surface area contributed by atoms with Crippen LogP contribution in [-0.2, 0) is 9.59 Å². The molecule has 0 spiro atoms. The Bertz CT molecular complexity index is 1290. The zero-order chi connectivity index (χ0) is 28.0. The van der Waals surface area contributed by atoms with E-state index in [4.69, 9.17) is 56.0 Å². The monoisotopic (exact) mass is 600 g/mol. The van der Waals surface area contributed by atoms with E-state index in [-0.39, 0.29) is 19.0 Å². The number of alkyl halides is 2. The van der Waals surface area contributed by atoms with Crippen LogP contribution in [0.2, 0.25) is 10.0 Å². The van der Waals surface area contributed by atoms with Crippen molar-refractivity contribution in [3.05, 3.63) is 58.6 Å². The van der Waals surface area contributed by atoms with Gasteiger partial charge in [0.2, 0.25) is 5.91 Å². The van der Waals surface area contributed by atoms with E-state index >= 15 is 0 Å². The molecule has 0 radical (unpaired) electrons. The lowest BCUT2D eigenvalue weighted by atomic mass is 10.0. The second-order valence-corrected chi connectivity index (χ2v) is 10.4. The fourth-order valence-corrected chi connectivity index (χ4v) is 4.48. The van der Waals surface area contributed by atoms with Gasteiger partial charge in [-0.1, -0.05) is 83.6 Å². The van der Waals surface area contributed by atoms with Crippen LogP contribution in [0.3, 0.4) is 0 Å². The van der Waals surface area contributed by atoms with E-state index < -0.39 is 28.8 Å². The van der Waals surface area contributed by atoms with Crippen LogP contribution in [0.15, 0.2) is 53.1 Å². The van der Waals surface area contributed by atoms with Crippen LogP contribution in [0.4, 0.5) is 10.5 Å². The Morgan fingerprint density at radius 2 is 1.71 bits per heavy atom. The molecular formula is C25H24Cl4N4O5. The molecule has 0 aliphatic heterocycles. The van der Waals surface area contributed by atoms with Gasteiger partial charge in [-0.3, -0.25) is 9.59 Å². The number of rotatable bonds is 10. The van der Waals surface area contributed by atoms with Crippen molar-refractivity contribution in [3.63, 3.8) is 0 Å². The van der Waals surface area contributed by atoms with Crippen molar-refractivity contribution in [2.45, 2.75) is 24.7 Å². The third-order valence-electron chi connectivity index (χ3n) is 5.49. The SMILES string of the molecule is CC(C)C(NC(=O)O)C(=O)NCCN(C(=O)C(Cl)Cl)c1cccc(-c2cc(-c3c(Cl)cccc3Cl)no2)c1. The van der Waals surface area contributed by atoms with Crippen LogP contribution >= 0.6 is 46.4 Å². The zero-order valence-corrected chi connectivity index (χ0v) is 23.3. The van der Waals surface area contributed by atoms with Gasteiger partial charge < -0.3 is 25.2 Å². The van der Waals surface area contributed by atoms with Crippen LogP contribution in [0.1, 0.15) is 13.8 Å². The lowest BCUT2D eigenvalue weighted by molar-refractivity contribution is -0.124. The first kappa shape index (κ1) is 29.6. The Hall–Kier alpha value is -2.98. The fraction of sp³-hybridized carbons (Fsp3) is 0.280. The minimum atomic E-state index is -1.36. The second kappa shape index (κ2) is 13.2. The first-order valence-electron chi connectivity index (χ1n) is 11.4. The molecule has 38 heavy (non-hydrogen) atoms. The predicted octanol–water partition coefficient (Wildman–Crippen LogP) is 5.86. The number of carboxylic acid groups (broad SMARTS) is 1. The summed E-state index contributed by atoms with van der Waals surface area (Å²) in [6.07, 6.45) is -1.31. The highest BCUT2D eigenvalue weighted by Gasteiger charge is 2.26. The molecule has 3 aromatic rings. The number of carbonyl (C=O) groups is 3. The minimum absolute atomic E-state index is 0.0112. The third kappa shape index (κ3) is 7.32. The van der Waals surface area contributed by atoms with E-state index in [9.17, 15) is 14.4 Å². The first-order valence-corrected chi connectivity index (χ1v) is 13.0. The van der Waals surface area contributed by atoms with E-state index in [1.165, 1.54) is 4.90 Å². The van der Waals surface area contributed by atoms with Crippen molar-refractivity contribution in [3.8, 4) is 22.6 Å². The quantitative estimate of drug-likeness (QED) is 0.250. The summed E-state index contributed by atoms with van der Waals surface area (Å²) in [5.41, 5.74) is 2.00. The largest absolute Gasteiger partial charge is 0.465 e. The number of benzene rings is 2. The molecule has 2 aromatic carbocycles. The summed E-state index contributed by atoms with van der Waals surface area (Å²) < 4.78 is 5.52. The smallest absolute Gasteiger partial charge is 0.405 e. The van der Waals surface area contributed by atoms with Gasteiger partial charge in [0.25, 0.3) is 5.91 Å². The summed E-state index contributed by atoms with van der Waals surface area (Å²) in [5.74, 6) is -1.02. The average Bonchev–Trinajstić information content (AvgIpc) is 3.34. The second-order valence-electron chi connectivity index (χ2n) is 8.48. The van der Waals surface area contributed by atoms with Gasteiger partial charge in [-0.15, -0.1) is 0 Å². The van der Waals surface area contributed by atoms with E-state index in [0.717, 1.165) is 0 Å². The highest BCUT2D eigenvalue weighted by molar-refractivity contribution is 6.54. The molecule has 9 nitrogen and oxygen atoms in total. The van der Waals surface area contributed by atoms with Crippen molar-refractivity contribution < 1.29 is 24.0 Å². The number of anilines is 1. The minimum Gasteiger partial charge on any atom is -0.465 e. The van der Waals surface area contributed by atoms with Crippen molar-refractivity contribution in [1.82, 2.24) is 15.8 Å². The predicted molar refractivity (Wildman–Crippen MR) is 148 cm³/mol. The first-order chi connectivity index (χ1) is 18.0. The van der Waals surface area contributed by atoms with E-state index in [0.29, 0.717) is 38.3 Å². The maximum absolute atomic E-state index is 12.8. The Morgan fingerprint density at radius 1 is 1.05 bits per heavy atom. The number of hydrogen-bond acceptors (Lipinski definition) is 5. The molecule has 0 aliphatic rings. The number of carbonyl (C=O) groups excluding carboxylic acids is 2. The van der Waals surface area contributed by atoms with Crippen molar-refractivity contribution >= 4 is 70.0 Å². The number of amides is 3. The molecule has 3 rings (SSSR count). The van der Waals surface area contributed by atoms with Gasteiger partial charge in [-0.25, -0.2) is 4.79 Å². The van der Waals surface area contributed by atoms with Crippen LogP contribution in [-0.4, -0.2) is 52.1 Å². The molecule has 0 fully saturated rings. The molecule has 0 saturated heterocycles. The van der Waals surface area contributed by atoms with Crippen molar-refractivity contribution in [2.75, 3.05) is 18.0 Å². The number of halogens is 4. The summed E-state index contributed by atoms with van der Waals surface area (Å²) in [6.45, 7) is 3.44. The van der Waals surface area contributed by atoms with Gasteiger partial charge in [0.05, 0.1) is 10.0 Å². The number of nitrogens with one attached hydrogen (secondary N) is 2. The molecule has 0 saturated carbocycles. The van der Waals surface area contributed by atoms with Gasteiger partial charge in [0.15, 0.2) is 10.6 Å². The Balaban J connectivity index is 1.82. The Labute approximate surface area is 239 Å². The molecule has 0 bridgehead atoms. The molecule has 1 atom stereocenters. The number of hydrogen-bond donors (Lipinski definition) is 3. The zero-order valence-electron chi connectivity index (χ0n) is 20.3. The Kier molecular flexibility index (Phi) is 10.3. The van der Waals surface area contributed by atoms with E-state index in [1.54, 1.807) is 62.4 Å². The summed E-state index contributed by atoms with van der Waals surface area (Å²) in [6, 6.07) is 12.6. The molecule has 202 valence electrons. The molecule has 1 unspecified atom stereocenters. The molecule has 0 aliphatic carbocycles. The molecular weight excluding hydrogens is 578 g/mol. The maximum Gasteiger partial charge on any atom is 0.405 e. The topological polar surface area (TPSA) is 125 Å². The standard InChI is InChI=1S/C25H24Cl4N4O5/c1-13(2)21(31-25(36)37)23(34)30-9-10-33(24(35)22(28)29)15-6-3-5-14(11-15)19-12-18(32-38-19)20-16(26)7-4-8-17(20)27/h3-8,11-13,21-22,31H,9-10H2,1-2H3,(H,30,34)(H,36,37). The van der Waals surface area contributed by atoms with Gasteiger partial charge in [0, 0.05) is 36.0 Å². The third-order valence-corrected chi connectivity index (χ3v) is 6.49. The molecule has 3 N–H and O–H groups in total. The Morgan fingerprint density at radius 3 is 2.32 bits per heavy atom. The molecule has 3 amide bonds.